The van der Waals surface area contributed by atoms with E-state index in [0.717, 1.165) is 6.07 Å². The molecule has 9 heteroatoms. The topological polar surface area (TPSA) is 119 Å². The number of hydrogen-bond donors (Lipinski definition) is 3. The highest BCUT2D eigenvalue weighted by atomic mass is 32.1. The third kappa shape index (κ3) is 6.93. The number of carboxylic acids is 1. The van der Waals surface area contributed by atoms with E-state index in [1.165, 1.54) is 12.1 Å². The summed E-state index contributed by atoms with van der Waals surface area (Å²) in [7, 11) is 0. The number of rotatable bonds is 8. The molecular weight excluding hydrogens is 374 g/mol. The van der Waals surface area contributed by atoms with Crippen LogP contribution in [0.4, 0.5) is 0 Å². The fraction of sp³-hybridized carbons (Fsp3) is 0.444. The zero-order valence-corrected chi connectivity index (χ0v) is 16.3. The van der Waals surface area contributed by atoms with Crippen molar-refractivity contribution in [3.05, 3.63) is 34.9 Å². The van der Waals surface area contributed by atoms with Gasteiger partial charge >= 0.3 is 17.9 Å². The molecule has 0 bridgehead atoms. The van der Waals surface area contributed by atoms with Gasteiger partial charge in [-0.1, -0.05) is 0 Å². The number of carbonyl (C=O) groups excluding carboxylic acids is 3. The van der Waals surface area contributed by atoms with Crippen LogP contribution in [0.5, 0.6) is 0 Å². The molecule has 0 saturated carbocycles. The lowest BCUT2D eigenvalue weighted by Crippen LogP contribution is -2.27. The highest BCUT2D eigenvalue weighted by Gasteiger charge is 2.23. The van der Waals surface area contributed by atoms with E-state index < -0.39 is 29.2 Å². The van der Waals surface area contributed by atoms with Crippen molar-refractivity contribution in [3.63, 3.8) is 0 Å². The molecule has 27 heavy (non-hydrogen) atoms. The van der Waals surface area contributed by atoms with E-state index in [9.17, 15) is 24.3 Å². The maximum absolute atomic E-state index is 12.0. The maximum atomic E-state index is 12.0. The fourth-order valence-electron chi connectivity index (χ4n) is 1.88. The summed E-state index contributed by atoms with van der Waals surface area (Å²) in [6.45, 7) is 5.08. The normalized spacial score (nSPS) is 10.8. The molecule has 8 nitrogen and oxygen atoms in total. The van der Waals surface area contributed by atoms with Gasteiger partial charge < -0.3 is 19.9 Å². The molecule has 0 fully saturated rings. The molecular formula is C18H23NO7S. The Morgan fingerprint density at radius 3 is 2.26 bits per heavy atom. The molecule has 0 aliphatic heterocycles. The highest BCUT2D eigenvalue weighted by Crippen LogP contribution is 2.16. The lowest BCUT2D eigenvalue weighted by molar-refractivity contribution is -0.154. The minimum absolute atomic E-state index is 0.0275. The highest BCUT2D eigenvalue weighted by molar-refractivity contribution is 7.80. The Hall–Kier alpha value is -2.55. The molecule has 0 atom stereocenters. The lowest BCUT2D eigenvalue weighted by atomic mass is 9.97. The van der Waals surface area contributed by atoms with E-state index in [-0.39, 0.29) is 36.4 Å². The minimum atomic E-state index is -1.35. The van der Waals surface area contributed by atoms with Crippen molar-refractivity contribution in [1.29, 1.82) is 0 Å². The predicted molar refractivity (Wildman–Crippen MR) is 100 cm³/mol. The van der Waals surface area contributed by atoms with Crippen molar-refractivity contribution in [2.75, 3.05) is 25.5 Å². The number of amides is 1. The fourth-order valence-corrected chi connectivity index (χ4v) is 1.99. The molecule has 2 N–H and O–H groups in total. The number of ether oxygens (including phenoxy) is 2. The number of benzene rings is 1. The predicted octanol–water partition coefficient (Wildman–Crippen LogP) is 1.79. The van der Waals surface area contributed by atoms with Crippen molar-refractivity contribution in [2.24, 2.45) is 5.41 Å². The van der Waals surface area contributed by atoms with E-state index in [1.807, 2.05) is 0 Å². The third-order valence-corrected chi connectivity index (χ3v) is 3.51. The molecule has 1 amide bonds. The Balaban J connectivity index is 2.75. The second-order valence-corrected chi connectivity index (χ2v) is 7.01. The summed E-state index contributed by atoms with van der Waals surface area (Å²) in [5, 5.41) is 11.8. The average Bonchev–Trinajstić information content (AvgIpc) is 2.61. The van der Waals surface area contributed by atoms with Gasteiger partial charge in [0.1, 0.15) is 13.2 Å². The van der Waals surface area contributed by atoms with Crippen LogP contribution in [0.2, 0.25) is 0 Å². The molecule has 1 aromatic carbocycles. The van der Waals surface area contributed by atoms with Gasteiger partial charge in [-0.25, -0.2) is 9.59 Å². The lowest BCUT2D eigenvalue weighted by Gasteiger charge is -2.16. The second-order valence-electron chi connectivity index (χ2n) is 6.57. The summed E-state index contributed by atoms with van der Waals surface area (Å²) in [5.41, 5.74) is -1.08. The van der Waals surface area contributed by atoms with Gasteiger partial charge in [0.15, 0.2) is 0 Å². The quantitative estimate of drug-likeness (QED) is 0.348. The Morgan fingerprint density at radius 1 is 1.07 bits per heavy atom. The summed E-state index contributed by atoms with van der Waals surface area (Å²) >= 11 is 3.96. The molecule has 1 aromatic rings. The summed E-state index contributed by atoms with van der Waals surface area (Å²) in [4.78, 5) is 47.0. The van der Waals surface area contributed by atoms with Gasteiger partial charge in [0.2, 0.25) is 0 Å². The number of thiol groups is 1. The van der Waals surface area contributed by atoms with Gasteiger partial charge in [-0.3, -0.25) is 9.59 Å². The first-order valence-electron chi connectivity index (χ1n) is 8.18. The van der Waals surface area contributed by atoms with Gasteiger partial charge in [0, 0.05) is 12.3 Å². The first kappa shape index (κ1) is 22.5. The molecule has 0 spiro atoms. The Kier molecular flexibility index (Phi) is 8.30. The first-order valence-corrected chi connectivity index (χ1v) is 8.82. The number of hydrogen-bond acceptors (Lipinski definition) is 7. The molecule has 148 valence electrons. The molecule has 0 unspecified atom stereocenters. The Morgan fingerprint density at radius 2 is 1.70 bits per heavy atom. The molecule has 0 saturated heterocycles. The monoisotopic (exact) mass is 397 g/mol. The summed E-state index contributed by atoms with van der Waals surface area (Å²) in [5.74, 6) is -2.73. The van der Waals surface area contributed by atoms with Crippen LogP contribution in [0.15, 0.2) is 18.2 Å². The van der Waals surface area contributed by atoms with Gasteiger partial charge in [-0.15, -0.1) is 0 Å². The van der Waals surface area contributed by atoms with Crippen molar-refractivity contribution in [1.82, 2.24) is 5.32 Å². The van der Waals surface area contributed by atoms with Gasteiger partial charge in [-0.05, 0) is 39.0 Å². The average molecular weight is 397 g/mol. The van der Waals surface area contributed by atoms with E-state index in [4.69, 9.17) is 9.47 Å². The number of esters is 2. The molecule has 0 heterocycles. The van der Waals surface area contributed by atoms with Crippen molar-refractivity contribution in [3.8, 4) is 0 Å². The van der Waals surface area contributed by atoms with Crippen LogP contribution < -0.4 is 5.32 Å². The first-order chi connectivity index (χ1) is 12.6. The summed E-state index contributed by atoms with van der Waals surface area (Å²) in [6.07, 6.45) is 0. The molecule has 0 aliphatic carbocycles. The van der Waals surface area contributed by atoms with Crippen LogP contribution in [0.1, 0.15) is 51.8 Å². The van der Waals surface area contributed by atoms with Crippen molar-refractivity contribution < 1.29 is 33.8 Å². The van der Waals surface area contributed by atoms with Crippen molar-refractivity contribution >= 4 is 36.4 Å². The van der Waals surface area contributed by atoms with E-state index in [1.54, 1.807) is 20.8 Å². The molecule has 0 radical (unpaired) electrons. The Labute approximate surface area is 162 Å². The van der Waals surface area contributed by atoms with E-state index in [2.05, 4.69) is 17.9 Å². The van der Waals surface area contributed by atoms with Crippen LogP contribution in [0.3, 0.4) is 0 Å². The van der Waals surface area contributed by atoms with Crippen LogP contribution in [-0.2, 0) is 14.3 Å². The molecule has 0 aliphatic rings. The van der Waals surface area contributed by atoms with Gasteiger partial charge in [0.25, 0.3) is 5.91 Å². The van der Waals surface area contributed by atoms with E-state index >= 15 is 0 Å². The zero-order chi connectivity index (χ0) is 20.6. The number of aromatic carboxylic acids is 1. The minimum Gasteiger partial charge on any atom is -0.478 e. The second kappa shape index (κ2) is 9.96. The smallest absolute Gasteiger partial charge is 0.338 e. The van der Waals surface area contributed by atoms with Crippen LogP contribution in [-0.4, -0.2) is 54.4 Å². The molecule has 0 aromatic heterocycles. The van der Waals surface area contributed by atoms with Gasteiger partial charge in [0.05, 0.1) is 22.1 Å². The van der Waals surface area contributed by atoms with Crippen LogP contribution in [0, 0.1) is 5.41 Å². The third-order valence-electron chi connectivity index (χ3n) is 3.29. The number of carboxylic acid groups (broad SMARTS) is 1. The van der Waals surface area contributed by atoms with E-state index in [0.29, 0.717) is 5.75 Å². The largest absolute Gasteiger partial charge is 0.478 e. The standard InChI is InChI=1S/C18H23NO7S/c1-18(2,3)17(24)26-8-7-25-16(23)11-4-5-12(13(10-11)15(21)22)14(20)19-6-9-27/h4-5,10,27H,6-9H2,1-3H3,(H,19,20)(H,21,22). The summed E-state index contributed by atoms with van der Waals surface area (Å²) < 4.78 is 9.94. The summed E-state index contributed by atoms with van der Waals surface area (Å²) in [6, 6.07) is 3.61. The zero-order valence-electron chi connectivity index (χ0n) is 15.4. The number of carbonyl (C=O) groups is 4. The maximum Gasteiger partial charge on any atom is 0.338 e. The van der Waals surface area contributed by atoms with Crippen molar-refractivity contribution in [2.45, 2.75) is 20.8 Å². The Bertz CT molecular complexity index is 725. The van der Waals surface area contributed by atoms with Crippen LogP contribution in [0.25, 0.3) is 0 Å². The number of nitrogens with one attached hydrogen (secondary N) is 1. The molecule has 1 rings (SSSR count). The SMILES string of the molecule is CC(C)(C)C(=O)OCCOC(=O)c1ccc(C(=O)NCCS)c(C(=O)O)c1. The van der Waals surface area contributed by atoms with Crippen LogP contribution >= 0.6 is 12.6 Å². The van der Waals surface area contributed by atoms with Gasteiger partial charge in [-0.2, -0.15) is 12.6 Å².